The van der Waals surface area contributed by atoms with Crippen molar-refractivity contribution in [3.63, 3.8) is 0 Å². The molecule has 0 aromatic rings. The molecular formula is C25H36ClF3N2O. The fraction of sp³-hybridized carbons (Fsp3) is 0.600. The fourth-order valence-electron chi connectivity index (χ4n) is 3.31. The van der Waals surface area contributed by atoms with E-state index in [1.165, 1.54) is 24.1 Å². The second kappa shape index (κ2) is 12.4. The van der Waals surface area contributed by atoms with Gasteiger partial charge in [-0.3, -0.25) is 9.79 Å². The van der Waals surface area contributed by atoms with E-state index in [9.17, 15) is 18.0 Å². The lowest BCUT2D eigenvalue weighted by Crippen LogP contribution is -2.37. The van der Waals surface area contributed by atoms with Gasteiger partial charge in [-0.25, -0.2) is 13.2 Å². The number of unbranched alkanes of at least 4 members (excludes halogenated alkanes) is 1. The van der Waals surface area contributed by atoms with Crippen LogP contribution in [0.15, 0.2) is 50.5 Å². The molecule has 0 heterocycles. The second-order valence-electron chi connectivity index (χ2n) is 8.50. The van der Waals surface area contributed by atoms with E-state index in [0.717, 1.165) is 19.8 Å². The smallest absolute Gasteiger partial charge is 0.267 e. The Morgan fingerprint density at radius 3 is 2.56 bits per heavy atom. The summed E-state index contributed by atoms with van der Waals surface area (Å²) in [5.41, 5.74) is 1.41. The first-order valence-electron chi connectivity index (χ1n) is 11.1. The lowest BCUT2D eigenvalue weighted by Gasteiger charge is -2.28. The Labute approximate surface area is 195 Å². The third kappa shape index (κ3) is 7.95. The van der Waals surface area contributed by atoms with Crippen LogP contribution in [-0.2, 0) is 4.79 Å². The van der Waals surface area contributed by atoms with Crippen molar-refractivity contribution < 1.29 is 18.0 Å². The first-order chi connectivity index (χ1) is 14.8. The Kier molecular flexibility index (Phi) is 11.0. The molecule has 3 nitrogen and oxygen atoms in total. The van der Waals surface area contributed by atoms with E-state index < -0.39 is 18.0 Å². The molecule has 1 amide bonds. The Bertz CT molecular complexity index is 822. The lowest BCUT2D eigenvalue weighted by molar-refractivity contribution is -0.126. The Balaban J connectivity index is 3.34. The molecule has 32 heavy (non-hydrogen) atoms. The summed E-state index contributed by atoms with van der Waals surface area (Å²) in [6, 6.07) is -0.0947. The summed E-state index contributed by atoms with van der Waals surface area (Å²) in [5.74, 6) is -3.69. The van der Waals surface area contributed by atoms with Gasteiger partial charge in [0.2, 0.25) is 0 Å². The minimum Gasteiger partial charge on any atom is -0.334 e. The van der Waals surface area contributed by atoms with Crippen molar-refractivity contribution in [1.29, 1.82) is 0 Å². The van der Waals surface area contributed by atoms with Crippen LogP contribution in [0.25, 0.3) is 0 Å². The van der Waals surface area contributed by atoms with E-state index in [2.05, 4.69) is 11.6 Å². The molecule has 0 fully saturated rings. The molecule has 7 heteroatoms. The normalized spacial score (nSPS) is 19.1. The van der Waals surface area contributed by atoms with Crippen molar-refractivity contribution in [2.45, 2.75) is 85.4 Å². The van der Waals surface area contributed by atoms with Gasteiger partial charge in [0.1, 0.15) is 6.17 Å². The number of rotatable bonds is 11. The van der Waals surface area contributed by atoms with Gasteiger partial charge in [0.25, 0.3) is 11.8 Å². The molecule has 0 spiro atoms. The predicted molar refractivity (Wildman–Crippen MR) is 128 cm³/mol. The van der Waals surface area contributed by atoms with Crippen LogP contribution >= 0.6 is 11.6 Å². The number of halogens is 4. The first-order valence-corrected chi connectivity index (χ1v) is 11.5. The lowest BCUT2D eigenvalue weighted by atomic mass is 9.92. The molecular weight excluding hydrogens is 437 g/mol. The Morgan fingerprint density at radius 1 is 1.44 bits per heavy atom. The van der Waals surface area contributed by atoms with E-state index >= 15 is 0 Å². The highest BCUT2D eigenvalue weighted by Crippen LogP contribution is 2.34. The summed E-state index contributed by atoms with van der Waals surface area (Å²) in [7, 11) is 0. The second-order valence-corrected chi connectivity index (χ2v) is 8.95. The maximum absolute atomic E-state index is 14.2. The predicted octanol–water partition coefficient (Wildman–Crippen LogP) is 7.19. The molecule has 1 rings (SSSR count). The summed E-state index contributed by atoms with van der Waals surface area (Å²) in [4.78, 5) is 19.3. The maximum Gasteiger partial charge on any atom is 0.267 e. The van der Waals surface area contributed by atoms with Crippen molar-refractivity contribution in [2.24, 2.45) is 4.99 Å². The molecule has 2 atom stereocenters. The van der Waals surface area contributed by atoms with Gasteiger partial charge in [-0.1, -0.05) is 38.4 Å². The van der Waals surface area contributed by atoms with Crippen LogP contribution in [0.2, 0.25) is 0 Å². The number of carbonyl (C=O) groups is 1. The van der Waals surface area contributed by atoms with Crippen LogP contribution in [0.4, 0.5) is 13.2 Å². The summed E-state index contributed by atoms with van der Waals surface area (Å²) in [6.45, 7) is 14.1. The average Bonchev–Trinajstić information content (AvgIpc) is 2.69. The van der Waals surface area contributed by atoms with Crippen molar-refractivity contribution in [2.75, 3.05) is 13.1 Å². The molecule has 2 unspecified atom stereocenters. The SMILES string of the molecule is C=C(CN(CCCC)C(=O)C(/C=N\C(C)CC)=C(/C)C(C)(F)F)C1=C(Cl)CC(F)C=C1C. The van der Waals surface area contributed by atoms with Gasteiger partial charge in [0, 0.05) is 49.3 Å². The van der Waals surface area contributed by atoms with Crippen LogP contribution in [0.5, 0.6) is 0 Å². The summed E-state index contributed by atoms with van der Waals surface area (Å²) >= 11 is 6.31. The van der Waals surface area contributed by atoms with Crippen LogP contribution in [0.1, 0.15) is 67.2 Å². The number of hydrogen-bond acceptors (Lipinski definition) is 2. The van der Waals surface area contributed by atoms with Crippen molar-refractivity contribution in [1.82, 2.24) is 4.90 Å². The number of alkyl halides is 3. The molecule has 180 valence electrons. The van der Waals surface area contributed by atoms with Crippen LogP contribution < -0.4 is 0 Å². The zero-order valence-electron chi connectivity index (χ0n) is 20.1. The average molecular weight is 473 g/mol. The molecule has 0 saturated heterocycles. The van der Waals surface area contributed by atoms with Crippen LogP contribution in [-0.4, -0.2) is 48.2 Å². The van der Waals surface area contributed by atoms with Crippen LogP contribution in [0, 0.1) is 0 Å². The van der Waals surface area contributed by atoms with Crippen molar-refractivity contribution in [3.05, 3.63) is 45.6 Å². The van der Waals surface area contributed by atoms with E-state index in [1.807, 2.05) is 20.8 Å². The van der Waals surface area contributed by atoms with E-state index in [-0.39, 0.29) is 30.2 Å². The summed E-state index contributed by atoms with van der Waals surface area (Å²) in [6.07, 6.45) is 3.91. The molecule has 0 aromatic heterocycles. The quantitative estimate of drug-likeness (QED) is 0.231. The number of allylic oxidation sites excluding steroid dienone is 4. The third-order valence-electron chi connectivity index (χ3n) is 5.62. The largest absolute Gasteiger partial charge is 0.334 e. The highest BCUT2D eigenvalue weighted by molar-refractivity contribution is 6.30. The summed E-state index contributed by atoms with van der Waals surface area (Å²) < 4.78 is 42.1. The zero-order chi connectivity index (χ0) is 24.6. The number of amides is 1. The Hall–Kier alpha value is -1.82. The molecule has 0 aliphatic heterocycles. The molecule has 0 saturated carbocycles. The van der Waals surface area contributed by atoms with Crippen molar-refractivity contribution >= 4 is 23.7 Å². The highest BCUT2D eigenvalue weighted by Gasteiger charge is 2.31. The van der Waals surface area contributed by atoms with Gasteiger partial charge in [-0.15, -0.1) is 0 Å². The molecule has 0 radical (unpaired) electrons. The van der Waals surface area contributed by atoms with E-state index in [0.29, 0.717) is 34.7 Å². The molecule has 1 aliphatic rings. The standard InChI is InChI=1S/C25H36ClF3N2O/c1-8-10-11-31(15-17(4)23-16(3)12-20(27)13-22(23)26)24(32)21(14-30-18(5)9-2)19(6)25(7,28)29/h12,14,18,20H,4,8-11,13,15H2,1-3,5-7H3/b21-19-,30-14-. The van der Waals surface area contributed by atoms with Gasteiger partial charge in [-0.05, 0) is 56.4 Å². The number of hydrogen-bond donors (Lipinski definition) is 0. The zero-order valence-corrected chi connectivity index (χ0v) is 20.8. The minimum atomic E-state index is -3.16. The van der Waals surface area contributed by atoms with E-state index in [1.54, 1.807) is 6.92 Å². The molecule has 0 bridgehead atoms. The van der Waals surface area contributed by atoms with Gasteiger partial charge >= 0.3 is 0 Å². The highest BCUT2D eigenvalue weighted by atomic mass is 35.5. The van der Waals surface area contributed by atoms with Gasteiger partial charge < -0.3 is 4.90 Å². The Morgan fingerprint density at radius 2 is 2.06 bits per heavy atom. The topological polar surface area (TPSA) is 32.7 Å². The molecule has 0 N–H and O–H groups in total. The third-order valence-corrected chi connectivity index (χ3v) is 5.96. The van der Waals surface area contributed by atoms with Gasteiger partial charge in [-0.2, -0.15) is 0 Å². The van der Waals surface area contributed by atoms with Crippen molar-refractivity contribution in [3.8, 4) is 0 Å². The number of nitrogens with zero attached hydrogens (tertiary/aromatic N) is 2. The number of carbonyl (C=O) groups excluding carboxylic acids is 1. The monoisotopic (exact) mass is 472 g/mol. The maximum atomic E-state index is 14.2. The van der Waals surface area contributed by atoms with Crippen LogP contribution in [0.3, 0.4) is 0 Å². The van der Waals surface area contributed by atoms with E-state index in [4.69, 9.17) is 11.6 Å². The molecule has 0 aromatic carbocycles. The number of aliphatic imine (C=N–C) groups is 1. The fourth-order valence-corrected chi connectivity index (χ4v) is 3.74. The summed E-state index contributed by atoms with van der Waals surface area (Å²) in [5, 5.41) is 0.357. The molecule has 1 aliphatic carbocycles. The van der Waals surface area contributed by atoms with Gasteiger partial charge in [0.15, 0.2) is 0 Å². The minimum absolute atomic E-state index is 0.0596. The first kappa shape index (κ1) is 28.2. The van der Waals surface area contributed by atoms with Gasteiger partial charge in [0.05, 0.1) is 5.57 Å².